The van der Waals surface area contributed by atoms with Gasteiger partial charge in [-0.3, -0.25) is 14.5 Å². The fourth-order valence-electron chi connectivity index (χ4n) is 1.97. The number of ether oxygens (including phenoxy) is 1. The molecule has 0 saturated carbocycles. The monoisotopic (exact) mass is 252 g/mol. The van der Waals surface area contributed by atoms with Gasteiger partial charge < -0.3 is 4.74 Å². The van der Waals surface area contributed by atoms with E-state index in [4.69, 9.17) is 4.74 Å². The van der Waals surface area contributed by atoms with Crippen molar-refractivity contribution in [3.05, 3.63) is 18.0 Å². The van der Waals surface area contributed by atoms with Gasteiger partial charge in [0, 0.05) is 12.7 Å². The van der Waals surface area contributed by atoms with Crippen LogP contribution < -0.4 is 5.43 Å². The molecule has 1 saturated heterocycles. The molecular formula is C12H20N4O2. The van der Waals surface area contributed by atoms with Gasteiger partial charge in [0.15, 0.2) is 0 Å². The van der Waals surface area contributed by atoms with E-state index in [1.807, 2.05) is 30.8 Å². The third kappa shape index (κ3) is 3.30. The van der Waals surface area contributed by atoms with Gasteiger partial charge in [-0.25, -0.2) is 5.43 Å². The lowest BCUT2D eigenvalue weighted by Crippen LogP contribution is -2.46. The second kappa shape index (κ2) is 5.97. The SMILES string of the molecule is Cc1ccn(CC(C)C(=O)N2CCOCCN2)n1. The third-order valence-electron chi connectivity index (χ3n) is 2.93. The smallest absolute Gasteiger partial charge is 0.241 e. The van der Waals surface area contributed by atoms with Crippen LogP contribution in [0.2, 0.25) is 0 Å². The van der Waals surface area contributed by atoms with Crippen LogP contribution in [0.25, 0.3) is 0 Å². The number of nitrogens with one attached hydrogen (secondary N) is 1. The molecule has 1 aliphatic rings. The second-order valence-corrected chi connectivity index (χ2v) is 4.59. The van der Waals surface area contributed by atoms with E-state index < -0.39 is 0 Å². The van der Waals surface area contributed by atoms with Crippen LogP contribution in [-0.4, -0.2) is 47.0 Å². The minimum absolute atomic E-state index is 0.0913. The van der Waals surface area contributed by atoms with Crippen molar-refractivity contribution in [3.63, 3.8) is 0 Å². The van der Waals surface area contributed by atoms with Gasteiger partial charge in [-0.15, -0.1) is 0 Å². The van der Waals surface area contributed by atoms with E-state index in [1.54, 1.807) is 5.01 Å². The quantitative estimate of drug-likeness (QED) is 0.834. The number of hydrogen-bond acceptors (Lipinski definition) is 4. The summed E-state index contributed by atoms with van der Waals surface area (Å²) in [6.07, 6.45) is 1.90. The molecule has 1 fully saturated rings. The molecule has 1 amide bonds. The van der Waals surface area contributed by atoms with Crippen LogP contribution >= 0.6 is 0 Å². The van der Waals surface area contributed by atoms with Gasteiger partial charge in [0.2, 0.25) is 5.91 Å². The number of aromatic nitrogens is 2. The molecule has 0 aromatic carbocycles. The maximum absolute atomic E-state index is 12.2. The molecule has 2 heterocycles. The Bertz CT molecular complexity index is 397. The molecule has 0 spiro atoms. The summed E-state index contributed by atoms with van der Waals surface area (Å²) in [4.78, 5) is 12.2. The standard InChI is InChI=1S/C12H20N4O2/c1-10(9-15-5-3-11(2)14-15)12(17)16-6-8-18-7-4-13-16/h3,5,10,13H,4,6-9H2,1-2H3. The average Bonchev–Trinajstić information content (AvgIpc) is 2.62. The van der Waals surface area contributed by atoms with Crippen LogP contribution in [0.1, 0.15) is 12.6 Å². The Labute approximate surface area is 107 Å². The van der Waals surface area contributed by atoms with Crippen molar-refractivity contribution >= 4 is 5.91 Å². The summed E-state index contributed by atoms with van der Waals surface area (Å²) in [5, 5.41) is 5.96. The molecule has 6 nitrogen and oxygen atoms in total. The molecule has 1 unspecified atom stereocenters. The van der Waals surface area contributed by atoms with Crippen molar-refractivity contribution in [1.82, 2.24) is 20.2 Å². The zero-order valence-corrected chi connectivity index (χ0v) is 10.9. The van der Waals surface area contributed by atoms with Crippen LogP contribution in [0.15, 0.2) is 12.3 Å². The average molecular weight is 252 g/mol. The van der Waals surface area contributed by atoms with E-state index in [2.05, 4.69) is 10.5 Å². The minimum atomic E-state index is -0.102. The molecule has 1 aromatic heterocycles. The maximum atomic E-state index is 12.2. The van der Waals surface area contributed by atoms with Crippen molar-refractivity contribution < 1.29 is 9.53 Å². The highest BCUT2D eigenvalue weighted by molar-refractivity contribution is 5.77. The lowest BCUT2D eigenvalue weighted by atomic mass is 10.1. The summed E-state index contributed by atoms with van der Waals surface area (Å²) in [6, 6.07) is 1.94. The molecule has 18 heavy (non-hydrogen) atoms. The number of rotatable bonds is 3. The summed E-state index contributed by atoms with van der Waals surface area (Å²) in [7, 11) is 0. The highest BCUT2D eigenvalue weighted by atomic mass is 16.5. The number of hydrazine groups is 1. The summed E-state index contributed by atoms with van der Waals surface area (Å²) in [5.74, 6) is -0.0106. The first kappa shape index (κ1) is 13.0. The van der Waals surface area contributed by atoms with Gasteiger partial charge in [0.25, 0.3) is 0 Å². The van der Waals surface area contributed by atoms with E-state index in [9.17, 15) is 4.79 Å². The highest BCUT2D eigenvalue weighted by Gasteiger charge is 2.22. The van der Waals surface area contributed by atoms with Crippen LogP contribution in [0, 0.1) is 12.8 Å². The molecule has 1 N–H and O–H groups in total. The maximum Gasteiger partial charge on any atom is 0.241 e. The lowest BCUT2D eigenvalue weighted by molar-refractivity contribution is -0.138. The molecular weight excluding hydrogens is 232 g/mol. The first-order valence-corrected chi connectivity index (χ1v) is 6.29. The summed E-state index contributed by atoms with van der Waals surface area (Å²) < 4.78 is 7.11. The van der Waals surface area contributed by atoms with Crippen molar-refractivity contribution in [2.24, 2.45) is 5.92 Å². The first-order valence-electron chi connectivity index (χ1n) is 6.29. The van der Waals surface area contributed by atoms with E-state index in [-0.39, 0.29) is 11.8 Å². The van der Waals surface area contributed by atoms with Gasteiger partial charge >= 0.3 is 0 Å². The number of hydrogen-bond donors (Lipinski definition) is 1. The Morgan fingerprint density at radius 2 is 2.44 bits per heavy atom. The van der Waals surface area contributed by atoms with Crippen LogP contribution in [0.3, 0.4) is 0 Å². The number of amides is 1. The molecule has 6 heteroatoms. The Kier molecular flexibility index (Phi) is 4.33. The van der Waals surface area contributed by atoms with Gasteiger partial charge in [0.1, 0.15) is 0 Å². The number of nitrogens with zero attached hydrogens (tertiary/aromatic N) is 3. The Balaban J connectivity index is 1.91. The van der Waals surface area contributed by atoms with Gasteiger partial charge in [-0.1, -0.05) is 6.92 Å². The topological polar surface area (TPSA) is 59.4 Å². The van der Waals surface area contributed by atoms with E-state index in [0.717, 1.165) is 5.69 Å². The lowest BCUT2D eigenvalue weighted by Gasteiger charge is -2.23. The molecule has 0 radical (unpaired) electrons. The minimum Gasteiger partial charge on any atom is -0.378 e. The number of aryl methyl sites for hydroxylation is 1. The molecule has 1 aliphatic heterocycles. The summed E-state index contributed by atoms with van der Waals surface area (Å²) in [5.41, 5.74) is 4.05. The zero-order chi connectivity index (χ0) is 13.0. The van der Waals surface area contributed by atoms with E-state index in [0.29, 0.717) is 32.8 Å². The molecule has 1 aromatic rings. The fourth-order valence-corrected chi connectivity index (χ4v) is 1.97. The van der Waals surface area contributed by atoms with Crippen molar-refractivity contribution in [1.29, 1.82) is 0 Å². The molecule has 0 bridgehead atoms. The predicted molar refractivity (Wildman–Crippen MR) is 66.7 cm³/mol. The predicted octanol–water partition coefficient (Wildman–Crippen LogP) is 0.191. The van der Waals surface area contributed by atoms with Gasteiger partial charge in [0.05, 0.1) is 37.9 Å². The third-order valence-corrected chi connectivity index (χ3v) is 2.93. The first-order chi connectivity index (χ1) is 8.66. The van der Waals surface area contributed by atoms with Crippen LogP contribution in [0.5, 0.6) is 0 Å². The fraction of sp³-hybridized carbons (Fsp3) is 0.667. The second-order valence-electron chi connectivity index (χ2n) is 4.59. The van der Waals surface area contributed by atoms with Crippen molar-refractivity contribution in [2.75, 3.05) is 26.3 Å². The Hall–Kier alpha value is -1.40. The molecule has 2 rings (SSSR count). The van der Waals surface area contributed by atoms with Gasteiger partial charge in [-0.05, 0) is 13.0 Å². The summed E-state index contributed by atoms with van der Waals surface area (Å²) >= 11 is 0. The normalized spacial score (nSPS) is 18.4. The Morgan fingerprint density at radius 3 is 3.17 bits per heavy atom. The van der Waals surface area contributed by atoms with E-state index in [1.165, 1.54) is 0 Å². The molecule has 100 valence electrons. The zero-order valence-electron chi connectivity index (χ0n) is 10.9. The Morgan fingerprint density at radius 1 is 1.61 bits per heavy atom. The molecule has 0 aliphatic carbocycles. The largest absolute Gasteiger partial charge is 0.378 e. The summed E-state index contributed by atoms with van der Waals surface area (Å²) in [6.45, 7) is 6.98. The van der Waals surface area contributed by atoms with E-state index >= 15 is 0 Å². The van der Waals surface area contributed by atoms with Crippen LogP contribution in [0.4, 0.5) is 0 Å². The number of carbonyl (C=O) groups is 1. The highest BCUT2D eigenvalue weighted by Crippen LogP contribution is 2.06. The van der Waals surface area contributed by atoms with Crippen molar-refractivity contribution in [2.45, 2.75) is 20.4 Å². The molecule has 1 atom stereocenters. The number of carbonyl (C=O) groups excluding carboxylic acids is 1. The van der Waals surface area contributed by atoms with Crippen LogP contribution in [-0.2, 0) is 16.1 Å². The van der Waals surface area contributed by atoms with Crippen molar-refractivity contribution in [3.8, 4) is 0 Å². The van der Waals surface area contributed by atoms with Gasteiger partial charge in [-0.2, -0.15) is 5.10 Å².